The normalized spacial score (nSPS) is 17.4. The zero-order chi connectivity index (χ0) is 11.4. The molecule has 0 unspecified atom stereocenters. The van der Waals surface area contributed by atoms with Gasteiger partial charge in [0.05, 0.1) is 19.8 Å². The molecular formula is C11H14ClNO3. The average molecular weight is 244 g/mol. The first-order valence-corrected chi connectivity index (χ1v) is 5.67. The molecular weight excluding hydrogens is 230 g/mol. The molecule has 2 heterocycles. The Balaban J connectivity index is 2.03. The maximum Gasteiger partial charge on any atom is 0.232 e. The van der Waals surface area contributed by atoms with Crippen LogP contribution in [0.2, 0.25) is 5.02 Å². The molecule has 1 N–H and O–H groups in total. The molecule has 5 heteroatoms. The molecule has 1 aliphatic heterocycles. The molecule has 1 aromatic rings. The first kappa shape index (κ1) is 11.6. The van der Waals surface area contributed by atoms with E-state index >= 15 is 0 Å². The van der Waals surface area contributed by atoms with E-state index in [-0.39, 0.29) is 12.7 Å². The Kier molecular flexibility index (Phi) is 3.98. The van der Waals surface area contributed by atoms with Crippen molar-refractivity contribution in [2.45, 2.75) is 25.6 Å². The maximum absolute atomic E-state index is 8.92. The Bertz CT molecular complexity index is 353. The molecule has 1 fully saturated rings. The SMILES string of the molecule is OCc1cnc(OC2CCOCC2)c(Cl)c1. The third-order valence-corrected chi connectivity index (χ3v) is 2.76. The summed E-state index contributed by atoms with van der Waals surface area (Å²) in [4.78, 5) is 4.09. The molecule has 0 aliphatic carbocycles. The van der Waals surface area contributed by atoms with Crippen LogP contribution in [0.1, 0.15) is 18.4 Å². The fourth-order valence-electron chi connectivity index (χ4n) is 1.59. The number of aliphatic hydroxyl groups excluding tert-OH is 1. The average Bonchev–Trinajstić information content (AvgIpc) is 2.33. The van der Waals surface area contributed by atoms with E-state index in [4.69, 9.17) is 26.2 Å². The third kappa shape index (κ3) is 2.84. The minimum Gasteiger partial charge on any atom is -0.473 e. The van der Waals surface area contributed by atoms with E-state index in [0.717, 1.165) is 26.1 Å². The van der Waals surface area contributed by atoms with Gasteiger partial charge in [-0.1, -0.05) is 11.6 Å². The molecule has 4 nitrogen and oxygen atoms in total. The lowest BCUT2D eigenvalue weighted by atomic mass is 10.1. The van der Waals surface area contributed by atoms with Gasteiger partial charge in [-0.25, -0.2) is 4.98 Å². The van der Waals surface area contributed by atoms with Gasteiger partial charge in [0.2, 0.25) is 5.88 Å². The molecule has 0 bridgehead atoms. The summed E-state index contributed by atoms with van der Waals surface area (Å²) in [5.41, 5.74) is 0.685. The largest absolute Gasteiger partial charge is 0.473 e. The smallest absolute Gasteiger partial charge is 0.232 e. The monoisotopic (exact) mass is 243 g/mol. The van der Waals surface area contributed by atoms with Gasteiger partial charge >= 0.3 is 0 Å². The highest BCUT2D eigenvalue weighted by Crippen LogP contribution is 2.25. The van der Waals surface area contributed by atoms with E-state index < -0.39 is 0 Å². The van der Waals surface area contributed by atoms with Crippen LogP contribution in [-0.4, -0.2) is 29.4 Å². The van der Waals surface area contributed by atoms with Crippen molar-refractivity contribution >= 4 is 11.6 Å². The second kappa shape index (κ2) is 5.48. The number of aromatic nitrogens is 1. The van der Waals surface area contributed by atoms with Crippen LogP contribution >= 0.6 is 11.6 Å². The van der Waals surface area contributed by atoms with Crippen LogP contribution in [0.3, 0.4) is 0 Å². The second-order valence-electron chi connectivity index (χ2n) is 3.72. The van der Waals surface area contributed by atoms with Gasteiger partial charge in [0.1, 0.15) is 11.1 Å². The molecule has 0 amide bonds. The van der Waals surface area contributed by atoms with Crippen LogP contribution in [0.15, 0.2) is 12.3 Å². The summed E-state index contributed by atoms with van der Waals surface area (Å²) in [6.45, 7) is 1.37. The quantitative estimate of drug-likeness (QED) is 0.879. The van der Waals surface area contributed by atoms with Gasteiger partial charge in [-0.3, -0.25) is 0 Å². The van der Waals surface area contributed by atoms with E-state index in [9.17, 15) is 0 Å². The van der Waals surface area contributed by atoms with Gasteiger partial charge in [0.25, 0.3) is 0 Å². The number of hydrogen-bond acceptors (Lipinski definition) is 4. The van der Waals surface area contributed by atoms with Crippen molar-refractivity contribution in [2.24, 2.45) is 0 Å². The van der Waals surface area contributed by atoms with Gasteiger partial charge in [-0.05, 0) is 11.6 Å². The summed E-state index contributed by atoms with van der Waals surface area (Å²) in [5, 5.41) is 9.36. The van der Waals surface area contributed by atoms with Gasteiger partial charge < -0.3 is 14.6 Å². The van der Waals surface area contributed by atoms with E-state index in [1.54, 1.807) is 12.3 Å². The van der Waals surface area contributed by atoms with Crippen molar-refractivity contribution in [3.63, 3.8) is 0 Å². The van der Waals surface area contributed by atoms with Gasteiger partial charge in [0, 0.05) is 19.0 Å². The summed E-state index contributed by atoms with van der Waals surface area (Å²) >= 11 is 6.00. The Morgan fingerprint density at radius 3 is 2.88 bits per heavy atom. The minimum absolute atomic E-state index is 0.0652. The minimum atomic E-state index is -0.0652. The fraction of sp³-hybridized carbons (Fsp3) is 0.545. The zero-order valence-electron chi connectivity index (χ0n) is 8.86. The molecule has 1 aromatic heterocycles. The lowest BCUT2D eigenvalue weighted by Gasteiger charge is -2.23. The lowest BCUT2D eigenvalue weighted by molar-refractivity contribution is 0.0237. The summed E-state index contributed by atoms with van der Waals surface area (Å²) in [6.07, 6.45) is 3.42. The number of rotatable bonds is 3. The molecule has 0 saturated carbocycles. The molecule has 0 radical (unpaired) electrons. The van der Waals surface area contributed by atoms with Crippen molar-refractivity contribution in [1.29, 1.82) is 0 Å². The van der Waals surface area contributed by atoms with E-state index in [1.165, 1.54) is 0 Å². The molecule has 0 atom stereocenters. The highest BCUT2D eigenvalue weighted by atomic mass is 35.5. The zero-order valence-corrected chi connectivity index (χ0v) is 9.61. The van der Waals surface area contributed by atoms with Gasteiger partial charge in [0.15, 0.2) is 0 Å². The molecule has 0 aromatic carbocycles. The fourth-order valence-corrected chi connectivity index (χ4v) is 1.82. The highest BCUT2D eigenvalue weighted by Gasteiger charge is 2.17. The highest BCUT2D eigenvalue weighted by molar-refractivity contribution is 6.31. The van der Waals surface area contributed by atoms with Crippen LogP contribution in [0, 0.1) is 0 Å². The molecule has 16 heavy (non-hydrogen) atoms. The maximum atomic E-state index is 8.92. The van der Waals surface area contributed by atoms with E-state index in [0.29, 0.717) is 16.5 Å². The number of ether oxygens (including phenoxy) is 2. The van der Waals surface area contributed by atoms with Crippen LogP contribution in [0.5, 0.6) is 5.88 Å². The predicted molar refractivity (Wildman–Crippen MR) is 59.6 cm³/mol. The molecule has 0 spiro atoms. The molecule has 1 aliphatic rings. The van der Waals surface area contributed by atoms with Crippen molar-refractivity contribution in [3.05, 3.63) is 22.8 Å². The van der Waals surface area contributed by atoms with E-state index in [2.05, 4.69) is 4.98 Å². The summed E-state index contributed by atoms with van der Waals surface area (Å²) < 4.78 is 10.9. The molecule has 2 rings (SSSR count). The summed E-state index contributed by atoms with van der Waals surface area (Å²) in [5.74, 6) is 0.436. The first-order valence-electron chi connectivity index (χ1n) is 5.29. The van der Waals surface area contributed by atoms with Gasteiger partial charge in [-0.2, -0.15) is 0 Å². The molecule has 88 valence electrons. The van der Waals surface area contributed by atoms with Crippen LogP contribution in [0.4, 0.5) is 0 Å². The van der Waals surface area contributed by atoms with Crippen molar-refractivity contribution in [1.82, 2.24) is 4.98 Å². The number of nitrogens with zero attached hydrogens (tertiary/aromatic N) is 1. The topological polar surface area (TPSA) is 51.6 Å². The third-order valence-electron chi connectivity index (χ3n) is 2.49. The lowest BCUT2D eigenvalue weighted by Crippen LogP contribution is -2.26. The van der Waals surface area contributed by atoms with Crippen molar-refractivity contribution in [2.75, 3.05) is 13.2 Å². The second-order valence-corrected chi connectivity index (χ2v) is 4.13. The number of aliphatic hydroxyl groups is 1. The Morgan fingerprint density at radius 1 is 1.50 bits per heavy atom. The first-order chi connectivity index (χ1) is 7.79. The number of pyridine rings is 1. The van der Waals surface area contributed by atoms with Crippen LogP contribution in [-0.2, 0) is 11.3 Å². The Labute approximate surface area is 99.2 Å². The number of hydrogen-bond donors (Lipinski definition) is 1. The van der Waals surface area contributed by atoms with Crippen molar-refractivity contribution in [3.8, 4) is 5.88 Å². The van der Waals surface area contributed by atoms with Crippen molar-refractivity contribution < 1.29 is 14.6 Å². The Hall–Kier alpha value is -0.840. The predicted octanol–water partition coefficient (Wildman–Crippen LogP) is 1.79. The Morgan fingerprint density at radius 2 is 2.25 bits per heavy atom. The molecule has 1 saturated heterocycles. The van der Waals surface area contributed by atoms with Crippen LogP contribution in [0.25, 0.3) is 0 Å². The summed E-state index contributed by atoms with van der Waals surface area (Å²) in [7, 11) is 0. The van der Waals surface area contributed by atoms with Crippen LogP contribution < -0.4 is 4.74 Å². The number of halogens is 1. The summed E-state index contributed by atoms with van der Waals surface area (Å²) in [6, 6.07) is 1.67. The van der Waals surface area contributed by atoms with Gasteiger partial charge in [-0.15, -0.1) is 0 Å². The standard InChI is InChI=1S/C11H14ClNO3/c12-10-5-8(7-14)6-13-11(10)16-9-1-3-15-4-2-9/h5-6,9,14H,1-4,7H2. The van der Waals surface area contributed by atoms with E-state index in [1.807, 2.05) is 0 Å².